The molecule has 0 N–H and O–H groups in total. The second kappa shape index (κ2) is 11.2. The van der Waals surface area contributed by atoms with Gasteiger partial charge in [-0.3, -0.25) is 4.89 Å². The van der Waals surface area contributed by atoms with Crippen LogP contribution in [0.2, 0.25) is 0 Å². The largest absolute Gasteiger partial charge is 0.373 e. The zero-order valence-electron chi connectivity index (χ0n) is 14.2. The van der Waals surface area contributed by atoms with Crippen molar-refractivity contribution < 1.29 is 14.6 Å². The van der Waals surface area contributed by atoms with E-state index in [1.807, 2.05) is 19.1 Å². The Morgan fingerprint density at radius 2 is 1.59 bits per heavy atom. The molecule has 0 aliphatic rings. The van der Waals surface area contributed by atoms with Crippen LogP contribution in [0.5, 0.6) is 0 Å². The van der Waals surface area contributed by atoms with Crippen LogP contribution in [0.3, 0.4) is 0 Å². The Labute approximate surface area is 134 Å². The molecule has 0 bridgehead atoms. The monoisotopic (exact) mass is 305 g/mol. The van der Waals surface area contributed by atoms with Crippen molar-refractivity contribution in [3.63, 3.8) is 0 Å². The third-order valence-corrected chi connectivity index (χ3v) is 3.65. The minimum atomic E-state index is -0.435. The molecular weight excluding hydrogens is 276 g/mol. The smallest absolute Gasteiger partial charge is 0.292 e. The van der Waals surface area contributed by atoms with Crippen molar-refractivity contribution in [1.29, 1.82) is 0 Å². The van der Waals surface area contributed by atoms with Gasteiger partial charge in [-0.1, -0.05) is 58.1 Å². The number of hydrogen-bond acceptors (Lipinski definition) is 3. The molecule has 3 nitrogen and oxygen atoms in total. The van der Waals surface area contributed by atoms with Gasteiger partial charge in [0.05, 0.1) is 5.56 Å². The van der Waals surface area contributed by atoms with E-state index in [0.29, 0.717) is 5.56 Å². The lowest BCUT2D eigenvalue weighted by Crippen LogP contribution is -2.08. The van der Waals surface area contributed by atoms with E-state index in [0.717, 1.165) is 25.4 Å². The predicted molar refractivity (Wildman–Crippen MR) is 89.2 cm³/mol. The van der Waals surface area contributed by atoms with Gasteiger partial charge in [-0.2, -0.15) is 4.89 Å². The van der Waals surface area contributed by atoms with Crippen molar-refractivity contribution in [2.75, 3.05) is 0 Å². The molecular formula is C19H29O3. The molecule has 1 radical (unpaired) electrons. The van der Waals surface area contributed by atoms with Gasteiger partial charge in [0, 0.05) is 0 Å². The van der Waals surface area contributed by atoms with E-state index in [9.17, 15) is 4.79 Å². The average Bonchev–Trinajstić information content (AvgIpc) is 2.55. The van der Waals surface area contributed by atoms with E-state index in [1.165, 1.54) is 37.7 Å². The molecule has 0 fully saturated rings. The molecule has 0 aliphatic carbocycles. The van der Waals surface area contributed by atoms with Gasteiger partial charge in [0.1, 0.15) is 6.10 Å². The summed E-state index contributed by atoms with van der Waals surface area (Å²) in [5.74, 6) is -0.435. The third-order valence-electron chi connectivity index (χ3n) is 3.65. The SMILES string of the molecule is CCCCCC[C](C)OOC(=O)c1ccc(CCCC)cc1. The Morgan fingerprint density at radius 3 is 2.23 bits per heavy atom. The minimum Gasteiger partial charge on any atom is -0.292 e. The van der Waals surface area contributed by atoms with Crippen molar-refractivity contribution in [3.05, 3.63) is 41.5 Å². The molecule has 22 heavy (non-hydrogen) atoms. The normalized spacial score (nSPS) is 10.9. The van der Waals surface area contributed by atoms with Crippen molar-refractivity contribution >= 4 is 5.97 Å². The summed E-state index contributed by atoms with van der Waals surface area (Å²) >= 11 is 0. The molecule has 1 aromatic carbocycles. The maximum Gasteiger partial charge on any atom is 0.373 e. The van der Waals surface area contributed by atoms with Crippen LogP contribution in [-0.4, -0.2) is 5.97 Å². The molecule has 0 amide bonds. The maximum atomic E-state index is 11.9. The Kier molecular flexibility index (Phi) is 9.56. The van der Waals surface area contributed by atoms with Gasteiger partial charge in [0.2, 0.25) is 0 Å². The van der Waals surface area contributed by atoms with Gasteiger partial charge in [-0.05, 0) is 43.9 Å². The van der Waals surface area contributed by atoms with Crippen molar-refractivity contribution in [1.82, 2.24) is 0 Å². The number of benzene rings is 1. The lowest BCUT2D eigenvalue weighted by atomic mass is 10.1. The zero-order chi connectivity index (χ0) is 16.2. The zero-order valence-corrected chi connectivity index (χ0v) is 14.2. The summed E-state index contributed by atoms with van der Waals surface area (Å²) < 4.78 is 0. The topological polar surface area (TPSA) is 35.5 Å². The highest BCUT2D eigenvalue weighted by atomic mass is 17.2. The average molecular weight is 305 g/mol. The molecule has 1 aromatic rings. The van der Waals surface area contributed by atoms with Crippen LogP contribution in [-0.2, 0) is 16.2 Å². The van der Waals surface area contributed by atoms with Crippen LogP contribution < -0.4 is 0 Å². The number of hydrogen-bond donors (Lipinski definition) is 0. The Balaban J connectivity index is 2.29. The van der Waals surface area contributed by atoms with E-state index in [-0.39, 0.29) is 0 Å². The second-order valence-corrected chi connectivity index (χ2v) is 5.77. The van der Waals surface area contributed by atoms with Crippen LogP contribution in [0.25, 0.3) is 0 Å². The molecule has 0 heterocycles. The van der Waals surface area contributed by atoms with Crippen LogP contribution >= 0.6 is 0 Å². The number of carbonyl (C=O) groups excluding carboxylic acids is 1. The first-order valence-corrected chi connectivity index (χ1v) is 8.47. The quantitative estimate of drug-likeness (QED) is 0.301. The highest BCUT2D eigenvalue weighted by Crippen LogP contribution is 2.15. The van der Waals surface area contributed by atoms with Crippen LogP contribution in [0.4, 0.5) is 0 Å². The summed E-state index contributed by atoms with van der Waals surface area (Å²) in [4.78, 5) is 21.9. The first kappa shape index (κ1) is 18.7. The summed E-state index contributed by atoms with van der Waals surface area (Å²) in [5.41, 5.74) is 1.78. The summed E-state index contributed by atoms with van der Waals surface area (Å²) in [6, 6.07) is 7.56. The summed E-state index contributed by atoms with van der Waals surface area (Å²) in [6.45, 7) is 6.21. The summed E-state index contributed by atoms with van der Waals surface area (Å²) in [7, 11) is 0. The first-order chi connectivity index (χ1) is 10.7. The molecule has 3 heteroatoms. The third kappa shape index (κ3) is 7.60. The van der Waals surface area contributed by atoms with Gasteiger partial charge in [0.15, 0.2) is 0 Å². The van der Waals surface area contributed by atoms with Crippen LogP contribution in [0.1, 0.15) is 81.6 Å². The van der Waals surface area contributed by atoms with Gasteiger partial charge >= 0.3 is 5.97 Å². The number of carbonyl (C=O) groups is 1. The van der Waals surface area contributed by atoms with E-state index in [1.54, 1.807) is 12.1 Å². The van der Waals surface area contributed by atoms with E-state index >= 15 is 0 Å². The first-order valence-electron chi connectivity index (χ1n) is 8.47. The predicted octanol–water partition coefficient (Wildman–Crippen LogP) is 5.64. The fourth-order valence-corrected chi connectivity index (χ4v) is 2.19. The van der Waals surface area contributed by atoms with E-state index < -0.39 is 5.97 Å². The second-order valence-electron chi connectivity index (χ2n) is 5.77. The molecule has 0 saturated carbocycles. The molecule has 0 aliphatic heterocycles. The Bertz CT molecular complexity index is 411. The van der Waals surface area contributed by atoms with Gasteiger partial charge < -0.3 is 0 Å². The minimum absolute atomic E-state index is 0.435. The van der Waals surface area contributed by atoms with E-state index in [2.05, 4.69) is 13.8 Å². The number of rotatable bonds is 11. The van der Waals surface area contributed by atoms with Gasteiger partial charge in [-0.25, -0.2) is 4.79 Å². The molecule has 123 valence electrons. The fraction of sp³-hybridized carbons (Fsp3) is 0.579. The molecule has 0 saturated heterocycles. The van der Waals surface area contributed by atoms with Crippen molar-refractivity contribution in [3.8, 4) is 0 Å². The van der Waals surface area contributed by atoms with Crippen molar-refractivity contribution in [2.24, 2.45) is 0 Å². The molecule has 0 atom stereocenters. The highest BCUT2D eigenvalue weighted by Gasteiger charge is 2.12. The molecule has 0 spiro atoms. The van der Waals surface area contributed by atoms with Gasteiger partial charge in [0.25, 0.3) is 0 Å². The number of aryl methyl sites for hydroxylation is 1. The Hall–Kier alpha value is -1.35. The van der Waals surface area contributed by atoms with Crippen LogP contribution in [0.15, 0.2) is 24.3 Å². The number of unbranched alkanes of at least 4 members (excludes halogenated alkanes) is 4. The van der Waals surface area contributed by atoms with Crippen LogP contribution in [0, 0.1) is 6.10 Å². The molecule has 1 rings (SSSR count). The molecule has 0 aromatic heterocycles. The van der Waals surface area contributed by atoms with E-state index in [4.69, 9.17) is 9.78 Å². The maximum absolute atomic E-state index is 11.9. The highest BCUT2D eigenvalue weighted by molar-refractivity contribution is 5.88. The molecule has 0 unspecified atom stereocenters. The lowest BCUT2D eigenvalue weighted by Gasteiger charge is -2.10. The lowest BCUT2D eigenvalue weighted by molar-refractivity contribution is -0.233. The van der Waals surface area contributed by atoms with Crippen molar-refractivity contribution in [2.45, 2.75) is 72.1 Å². The summed E-state index contributed by atoms with van der Waals surface area (Å²) in [6.07, 6.45) is 9.68. The Morgan fingerprint density at radius 1 is 0.909 bits per heavy atom. The standard InChI is InChI=1S/C19H29O3/c1-4-6-8-9-10-16(3)21-22-19(20)18-14-12-17(13-15-18)11-7-5-2/h12-15H,4-11H2,1-3H3. The van der Waals surface area contributed by atoms with Gasteiger partial charge in [-0.15, -0.1) is 0 Å². The fourth-order valence-electron chi connectivity index (χ4n) is 2.19. The summed E-state index contributed by atoms with van der Waals surface area (Å²) in [5, 5.41) is 0.